The first-order valence-corrected chi connectivity index (χ1v) is 5.17. The number of rotatable bonds is 5. The van der Waals surface area contributed by atoms with E-state index in [4.69, 9.17) is 5.11 Å². The molecule has 2 unspecified atom stereocenters. The fourth-order valence-corrected chi connectivity index (χ4v) is 1.47. The lowest BCUT2D eigenvalue weighted by molar-refractivity contribution is -0.177. The van der Waals surface area contributed by atoms with Crippen LogP contribution < -0.4 is 0 Å². The first kappa shape index (κ1) is 14.8. The molecule has 102 valence electrons. The zero-order chi connectivity index (χ0) is 14.6. The van der Waals surface area contributed by atoms with E-state index in [1.54, 1.807) is 6.07 Å². The lowest BCUT2D eigenvalue weighted by atomic mass is 9.87. The second kappa shape index (κ2) is 5.59. The third kappa shape index (κ3) is 2.61. The minimum absolute atomic E-state index is 0.129. The van der Waals surface area contributed by atoms with Gasteiger partial charge in [-0.25, -0.2) is 9.59 Å². The number of benzene rings is 1. The van der Waals surface area contributed by atoms with Crippen molar-refractivity contribution in [3.63, 3.8) is 0 Å². The molecule has 0 aliphatic rings. The van der Waals surface area contributed by atoms with Crippen LogP contribution in [0.4, 0.5) is 0 Å². The van der Waals surface area contributed by atoms with Gasteiger partial charge in [0.15, 0.2) is 6.10 Å². The fraction of sp³-hybridized carbons (Fsp3) is 0.250. The number of carboxylic acid groups (broad SMARTS) is 1. The predicted molar refractivity (Wildman–Crippen MR) is 61.4 cm³/mol. The molecule has 0 radical (unpaired) electrons. The molecule has 19 heavy (non-hydrogen) atoms. The van der Waals surface area contributed by atoms with Gasteiger partial charge in [0.25, 0.3) is 5.60 Å². The number of carboxylic acids is 1. The molecule has 0 spiro atoms. The van der Waals surface area contributed by atoms with Crippen molar-refractivity contribution in [2.24, 2.45) is 0 Å². The SMILES string of the molecule is COC(=O)C(O)(C(=O)c1ccccc1)C(O)C(=O)O. The molecule has 0 aromatic heterocycles. The Morgan fingerprint density at radius 2 is 1.74 bits per heavy atom. The van der Waals surface area contributed by atoms with Gasteiger partial charge in [0, 0.05) is 5.56 Å². The van der Waals surface area contributed by atoms with Crippen molar-refractivity contribution in [1.29, 1.82) is 0 Å². The maximum Gasteiger partial charge on any atom is 0.349 e. The van der Waals surface area contributed by atoms with Gasteiger partial charge in [-0.3, -0.25) is 4.79 Å². The lowest BCUT2D eigenvalue weighted by Crippen LogP contribution is -2.59. The number of hydrogen-bond donors (Lipinski definition) is 3. The third-order valence-electron chi connectivity index (χ3n) is 2.51. The number of aliphatic hydroxyl groups excluding tert-OH is 1. The number of hydrogen-bond acceptors (Lipinski definition) is 6. The van der Waals surface area contributed by atoms with E-state index in [1.165, 1.54) is 24.3 Å². The molecule has 7 heteroatoms. The Morgan fingerprint density at radius 1 is 1.21 bits per heavy atom. The average molecular weight is 268 g/mol. The minimum Gasteiger partial charge on any atom is -0.479 e. The van der Waals surface area contributed by atoms with Crippen LogP contribution in [0.1, 0.15) is 10.4 Å². The predicted octanol–water partition coefficient (Wildman–Crippen LogP) is -0.781. The molecule has 0 aliphatic carbocycles. The van der Waals surface area contributed by atoms with Crippen LogP contribution in [0.15, 0.2) is 30.3 Å². The Hall–Kier alpha value is -2.25. The van der Waals surface area contributed by atoms with E-state index >= 15 is 0 Å². The molecule has 0 amide bonds. The summed E-state index contributed by atoms with van der Waals surface area (Å²) in [4.78, 5) is 34.2. The highest BCUT2D eigenvalue weighted by molar-refractivity contribution is 6.18. The molecule has 0 heterocycles. The van der Waals surface area contributed by atoms with Crippen LogP contribution in [0.25, 0.3) is 0 Å². The second-order valence-corrected chi connectivity index (χ2v) is 3.69. The molecule has 7 nitrogen and oxygen atoms in total. The first-order valence-electron chi connectivity index (χ1n) is 5.17. The summed E-state index contributed by atoms with van der Waals surface area (Å²) >= 11 is 0. The van der Waals surface area contributed by atoms with Crippen LogP contribution in [-0.2, 0) is 14.3 Å². The third-order valence-corrected chi connectivity index (χ3v) is 2.51. The number of ketones is 1. The number of ether oxygens (including phenoxy) is 1. The molecule has 0 bridgehead atoms. The van der Waals surface area contributed by atoms with Crippen molar-refractivity contribution in [1.82, 2.24) is 0 Å². The van der Waals surface area contributed by atoms with Gasteiger partial charge in [0.2, 0.25) is 5.78 Å². The first-order chi connectivity index (χ1) is 8.85. The van der Waals surface area contributed by atoms with E-state index in [2.05, 4.69) is 4.74 Å². The van der Waals surface area contributed by atoms with Gasteiger partial charge < -0.3 is 20.1 Å². The summed E-state index contributed by atoms with van der Waals surface area (Å²) in [6, 6.07) is 7.04. The summed E-state index contributed by atoms with van der Waals surface area (Å²) in [5, 5.41) is 28.1. The molecular formula is C12H12O7. The summed E-state index contributed by atoms with van der Waals surface area (Å²) in [6.07, 6.45) is -2.63. The highest BCUT2D eigenvalue weighted by atomic mass is 16.5. The van der Waals surface area contributed by atoms with Crippen molar-refractivity contribution < 1.29 is 34.4 Å². The van der Waals surface area contributed by atoms with Crippen LogP contribution >= 0.6 is 0 Å². The van der Waals surface area contributed by atoms with Crippen molar-refractivity contribution in [2.45, 2.75) is 11.7 Å². The highest BCUT2D eigenvalue weighted by Gasteiger charge is 2.55. The van der Waals surface area contributed by atoms with Crippen molar-refractivity contribution in [3.05, 3.63) is 35.9 Å². The van der Waals surface area contributed by atoms with Crippen LogP contribution in [0.2, 0.25) is 0 Å². The van der Waals surface area contributed by atoms with E-state index in [0.29, 0.717) is 0 Å². The van der Waals surface area contributed by atoms with E-state index in [-0.39, 0.29) is 5.56 Å². The molecular weight excluding hydrogens is 256 g/mol. The molecule has 1 aromatic carbocycles. The number of methoxy groups -OCH3 is 1. The van der Waals surface area contributed by atoms with Crippen LogP contribution in [-0.4, -0.2) is 51.9 Å². The van der Waals surface area contributed by atoms with Gasteiger partial charge in [0.05, 0.1) is 7.11 Å². The fourth-order valence-electron chi connectivity index (χ4n) is 1.47. The molecule has 2 atom stereocenters. The van der Waals surface area contributed by atoms with E-state index in [9.17, 15) is 24.6 Å². The van der Waals surface area contributed by atoms with E-state index in [0.717, 1.165) is 7.11 Å². The maximum atomic E-state index is 12.0. The largest absolute Gasteiger partial charge is 0.479 e. The van der Waals surface area contributed by atoms with Crippen molar-refractivity contribution >= 4 is 17.7 Å². The second-order valence-electron chi connectivity index (χ2n) is 3.69. The van der Waals surface area contributed by atoms with Gasteiger partial charge in [-0.2, -0.15) is 0 Å². The molecule has 3 N–H and O–H groups in total. The van der Waals surface area contributed by atoms with Crippen LogP contribution in [0.3, 0.4) is 0 Å². The van der Waals surface area contributed by atoms with E-state index < -0.39 is 29.4 Å². The summed E-state index contributed by atoms with van der Waals surface area (Å²) < 4.78 is 4.20. The van der Waals surface area contributed by atoms with Crippen molar-refractivity contribution in [2.75, 3.05) is 7.11 Å². The summed E-state index contributed by atoms with van der Waals surface area (Å²) in [5.41, 5.74) is -3.32. The Bertz CT molecular complexity index is 496. The number of aliphatic hydroxyl groups is 2. The lowest BCUT2D eigenvalue weighted by Gasteiger charge is -2.26. The number of Topliss-reactive ketones (excluding diaryl/α,β-unsaturated/α-hetero) is 1. The Morgan fingerprint density at radius 3 is 2.16 bits per heavy atom. The average Bonchev–Trinajstić information content (AvgIpc) is 2.44. The van der Waals surface area contributed by atoms with Crippen molar-refractivity contribution in [3.8, 4) is 0 Å². The molecule has 0 saturated carbocycles. The van der Waals surface area contributed by atoms with Gasteiger partial charge in [0.1, 0.15) is 0 Å². The van der Waals surface area contributed by atoms with Gasteiger partial charge in [-0.15, -0.1) is 0 Å². The van der Waals surface area contributed by atoms with Gasteiger partial charge >= 0.3 is 11.9 Å². The topological polar surface area (TPSA) is 121 Å². The summed E-state index contributed by atoms with van der Waals surface area (Å²) in [7, 11) is 0.861. The molecule has 0 aliphatic heterocycles. The smallest absolute Gasteiger partial charge is 0.349 e. The highest BCUT2D eigenvalue weighted by Crippen LogP contribution is 2.20. The molecule has 0 saturated heterocycles. The van der Waals surface area contributed by atoms with Crippen LogP contribution in [0.5, 0.6) is 0 Å². The number of esters is 1. The Labute approximate surface area is 108 Å². The normalized spacial score (nSPS) is 15.1. The number of aliphatic carboxylic acids is 1. The minimum atomic E-state index is -3.19. The summed E-state index contributed by atoms with van der Waals surface area (Å²) in [6.45, 7) is 0. The molecule has 1 aromatic rings. The van der Waals surface area contributed by atoms with E-state index in [1.807, 2.05) is 0 Å². The zero-order valence-corrected chi connectivity index (χ0v) is 9.94. The number of carbonyl (C=O) groups excluding carboxylic acids is 2. The van der Waals surface area contributed by atoms with Gasteiger partial charge in [-0.1, -0.05) is 30.3 Å². The number of carbonyl (C=O) groups is 3. The molecule has 0 fully saturated rings. The Balaban J connectivity index is 3.29. The van der Waals surface area contributed by atoms with Gasteiger partial charge in [-0.05, 0) is 0 Å². The van der Waals surface area contributed by atoms with Crippen LogP contribution in [0, 0.1) is 0 Å². The summed E-state index contributed by atoms with van der Waals surface area (Å²) in [5.74, 6) is -4.72. The Kier molecular flexibility index (Phi) is 4.36. The quantitative estimate of drug-likeness (QED) is 0.364. The monoisotopic (exact) mass is 268 g/mol. The zero-order valence-electron chi connectivity index (χ0n) is 9.94. The maximum absolute atomic E-state index is 12.0. The standard InChI is InChI=1S/C12H12O7/c1-19-11(17)12(18,9(14)10(15)16)8(13)7-5-3-2-4-6-7/h2-6,9,14,18H,1H3,(H,15,16). The molecule has 1 rings (SSSR count).